The first kappa shape index (κ1) is 19.4. The second-order valence-corrected chi connectivity index (χ2v) is 6.77. The van der Waals surface area contributed by atoms with Crippen LogP contribution in [0.4, 0.5) is 5.69 Å². The maximum Gasteiger partial charge on any atom is 0.249 e. The van der Waals surface area contributed by atoms with Gasteiger partial charge in [0.25, 0.3) is 0 Å². The number of carbonyl (C=O) groups is 2. The summed E-state index contributed by atoms with van der Waals surface area (Å²) in [5, 5.41) is 16.7. The molecule has 4 aromatic rings. The second kappa shape index (κ2) is 8.59. The highest BCUT2D eigenvalue weighted by atomic mass is 16.3. The maximum atomic E-state index is 12.5. The molecule has 4 rings (SSSR count). The van der Waals surface area contributed by atoms with E-state index < -0.39 is 24.5 Å². The topological polar surface area (TPSA) is 107 Å². The third-order valence-electron chi connectivity index (χ3n) is 4.72. The standard InChI is InChI=1S/C23H20N4O3/c28-14-21(23(30)26-17-8-9-19-15(12-17)4-3-11-24-19)27-22(29)10-7-16-13-25-20-6-2-1-5-18(16)20/h1-13,21,25,28H,14H2,(H,26,30)(H,27,29)/t21-/m0/s1. The summed E-state index contributed by atoms with van der Waals surface area (Å²) in [6, 6.07) is 15.7. The Labute approximate surface area is 172 Å². The predicted octanol–water partition coefficient (Wildman–Crippen LogP) is 2.85. The molecule has 0 radical (unpaired) electrons. The average Bonchev–Trinajstić information content (AvgIpc) is 3.19. The van der Waals surface area contributed by atoms with E-state index in [9.17, 15) is 14.7 Å². The van der Waals surface area contributed by atoms with Crippen LogP contribution in [0.1, 0.15) is 5.56 Å². The van der Waals surface area contributed by atoms with Crippen LogP contribution in [-0.4, -0.2) is 39.5 Å². The van der Waals surface area contributed by atoms with Crippen molar-refractivity contribution in [3.05, 3.63) is 78.6 Å². The van der Waals surface area contributed by atoms with Crippen molar-refractivity contribution in [1.82, 2.24) is 15.3 Å². The third kappa shape index (κ3) is 4.21. The van der Waals surface area contributed by atoms with Gasteiger partial charge in [0, 0.05) is 40.4 Å². The lowest BCUT2D eigenvalue weighted by Gasteiger charge is -2.15. The highest BCUT2D eigenvalue weighted by Gasteiger charge is 2.19. The normalized spacial score (nSPS) is 12.3. The molecule has 0 aliphatic carbocycles. The molecule has 1 atom stereocenters. The molecular formula is C23H20N4O3. The van der Waals surface area contributed by atoms with Crippen LogP contribution in [0.2, 0.25) is 0 Å². The van der Waals surface area contributed by atoms with Gasteiger partial charge in [-0.15, -0.1) is 0 Å². The number of fused-ring (bicyclic) bond motifs is 2. The molecule has 2 aromatic carbocycles. The number of carbonyl (C=O) groups excluding carboxylic acids is 2. The third-order valence-corrected chi connectivity index (χ3v) is 4.72. The summed E-state index contributed by atoms with van der Waals surface area (Å²) in [4.78, 5) is 32.1. The van der Waals surface area contributed by atoms with E-state index in [1.807, 2.05) is 36.4 Å². The van der Waals surface area contributed by atoms with Crippen LogP contribution in [-0.2, 0) is 9.59 Å². The van der Waals surface area contributed by atoms with Crippen LogP contribution in [0.3, 0.4) is 0 Å². The van der Waals surface area contributed by atoms with Crippen LogP contribution in [0.5, 0.6) is 0 Å². The van der Waals surface area contributed by atoms with Crippen molar-refractivity contribution in [3.8, 4) is 0 Å². The van der Waals surface area contributed by atoms with Gasteiger partial charge in [-0.2, -0.15) is 0 Å². The van der Waals surface area contributed by atoms with Crippen LogP contribution in [0, 0.1) is 0 Å². The number of H-pyrrole nitrogens is 1. The Balaban J connectivity index is 1.41. The van der Waals surface area contributed by atoms with E-state index in [0.29, 0.717) is 5.69 Å². The minimum atomic E-state index is -1.07. The van der Waals surface area contributed by atoms with Crippen LogP contribution in [0.25, 0.3) is 27.9 Å². The van der Waals surface area contributed by atoms with Gasteiger partial charge in [-0.3, -0.25) is 14.6 Å². The van der Waals surface area contributed by atoms with Crippen LogP contribution in [0.15, 0.2) is 73.1 Å². The Morgan fingerprint density at radius 3 is 2.87 bits per heavy atom. The van der Waals surface area contributed by atoms with E-state index >= 15 is 0 Å². The van der Waals surface area contributed by atoms with E-state index in [2.05, 4.69) is 20.6 Å². The van der Waals surface area contributed by atoms with Gasteiger partial charge in [-0.05, 0) is 42.0 Å². The number of aliphatic hydroxyl groups is 1. The quantitative estimate of drug-likeness (QED) is 0.373. The van der Waals surface area contributed by atoms with Crippen molar-refractivity contribution in [2.75, 3.05) is 11.9 Å². The zero-order chi connectivity index (χ0) is 20.9. The minimum absolute atomic E-state index is 0.475. The molecule has 2 aromatic heterocycles. The summed E-state index contributed by atoms with van der Waals surface area (Å²) in [6.45, 7) is -0.520. The Morgan fingerprint density at radius 2 is 2.00 bits per heavy atom. The number of nitrogens with one attached hydrogen (secondary N) is 3. The van der Waals surface area contributed by atoms with Gasteiger partial charge in [-0.1, -0.05) is 24.3 Å². The number of rotatable bonds is 6. The van der Waals surface area contributed by atoms with Crippen molar-refractivity contribution < 1.29 is 14.7 Å². The van der Waals surface area contributed by atoms with Crippen molar-refractivity contribution >= 4 is 45.4 Å². The van der Waals surface area contributed by atoms with Crippen molar-refractivity contribution in [1.29, 1.82) is 0 Å². The van der Waals surface area contributed by atoms with E-state index in [0.717, 1.165) is 27.4 Å². The Morgan fingerprint density at radius 1 is 1.13 bits per heavy atom. The first-order valence-electron chi connectivity index (χ1n) is 9.45. The molecule has 4 N–H and O–H groups in total. The van der Waals surface area contributed by atoms with Crippen LogP contribution >= 0.6 is 0 Å². The van der Waals surface area contributed by atoms with Gasteiger partial charge in [0.05, 0.1) is 12.1 Å². The summed E-state index contributed by atoms with van der Waals surface area (Å²) in [7, 11) is 0. The SMILES string of the molecule is O=C(C=Cc1c[nH]c2ccccc12)N[C@@H](CO)C(=O)Nc1ccc2ncccc2c1. The molecule has 0 bridgehead atoms. The molecule has 2 heterocycles. The first-order valence-corrected chi connectivity index (χ1v) is 9.45. The number of nitrogens with zero attached hydrogens (tertiary/aromatic N) is 1. The molecule has 0 saturated carbocycles. The van der Waals surface area contributed by atoms with Gasteiger partial charge >= 0.3 is 0 Å². The molecule has 30 heavy (non-hydrogen) atoms. The van der Waals surface area contributed by atoms with E-state index in [4.69, 9.17) is 0 Å². The maximum absolute atomic E-state index is 12.5. The molecule has 0 saturated heterocycles. The largest absolute Gasteiger partial charge is 0.394 e. The van der Waals surface area contributed by atoms with Crippen molar-refractivity contribution in [3.63, 3.8) is 0 Å². The summed E-state index contributed by atoms with van der Waals surface area (Å²) in [6.07, 6.45) is 6.51. The lowest BCUT2D eigenvalue weighted by molar-refractivity contribution is -0.124. The second-order valence-electron chi connectivity index (χ2n) is 6.77. The fraction of sp³-hybridized carbons (Fsp3) is 0.0870. The minimum Gasteiger partial charge on any atom is -0.394 e. The Bertz CT molecular complexity index is 1250. The fourth-order valence-corrected chi connectivity index (χ4v) is 3.19. The number of hydrogen-bond donors (Lipinski definition) is 4. The van der Waals surface area contributed by atoms with Gasteiger partial charge in [0.1, 0.15) is 6.04 Å². The van der Waals surface area contributed by atoms with Crippen LogP contribution < -0.4 is 10.6 Å². The number of aliphatic hydroxyl groups excluding tert-OH is 1. The number of amides is 2. The molecule has 7 heteroatoms. The summed E-state index contributed by atoms with van der Waals surface area (Å²) in [5.74, 6) is -0.980. The van der Waals surface area contributed by atoms with Gasteiger partial charge in [0.2, 0.25) is 11.8 Å². The Kier molecular flexibility index (Phi) is 5.54. The monoisotopic (exact) mass is 400 g/mol. The number of benzene rings is 2. The molecule has 150 valence electrons. The number of pyridine rings is 1. The predicted molar refractivity (Wildman–Crippen MR) is 117 cm³/mol. The molecule has 0 aliphatic heterocycles. The molecule has 0 aliphatic rings. The summed E-state index contributed by atoms with van der Waals surface area (Å²) < 4.78 is 0. The smallest absolute Gasteiger partial charge is 0.249 e. The first-order chi connectivity index (χ1) is 14.6. The number of anilines is 1. The molecular weight excluding hydrogens is 380 g/mol. The van der Waals surface area contributed by atoms with Gasteiger partial charge < -0.3 is 20.7 Å². The lowest BCUT2D eigenvalue weighted by atomic mass is 10.1. The molecule has 2 amide bonds. The molecule has 0 unspecified atom stereocenters. The summed E-state index contributed by atoms with van der Waals surface area (Å²) in [5.41, 5.74) is 3.19. The zero-order valence-electron chi connectivity index (χ0n) is 16.0. The van der Waals surface area contributed by atoms with E-state index in [1.54, 1.807) is 36.7 Å². The highest BCUT2D eigenvalue weighted by Crippen LogP contribution is 2.19. The van der Waals surface area contributed by atoms with Crippen molar-refractivity contribution in [2.24, 2.45) is 0 Å². The number of para-hydroxylation sites is 1. The van der Waals surface area contributed by atoms with Gasteiger partial charge in [-0.25, -0.2) is 0 Å². The lowest BCUT2D eigenvalue weighted by Crippen LogP contribution is -2.45. The van der Waals surface area contributed by atoms with Gasteiger partial charge in [0.15, 0.2) is 0 Å². The Hall–Kier alpha value is -3.97. The highest BCUT2D eigenvalue weighted by molar-refractivity contribution is 6.02. The molecule has 0 spiro atoms. The zero-order valence-corrected chi connectivity index (χ0v) is 16.0. The van der Waals surface area contributed by atoms with Crippen molar-refractivity contribution in [2.45, 2.75) is 6.04 Å². The molecule has 7 nitrogen and oxygen atoms in total. The van der Waals surface area contributed by atoms with E-state index in [1.165, 1.54) is 6.08 Å². The van der Waals surface area contributed by atoms with E-state index in [-0.39, 0.29) is 0 Å². The number of hydrogen-bond acceptors (Lipinski definition) is 4. The fourth-order valence-electron chi connectivity index (χ4n) is 3.19. The summed E-state index contributed by atoms with van der Waals surface area (Å²) >= 11 is 0. The number of aromatic amines is 1. The number of aromatic nitrogens is 2. The average molecular weight is 400 g/mol. The molecule has 0 fully saturated rings.